The number of hydrogen-bond acceptors (Lipinski definition) is 10. The number of imide groups is 1. The van der Waals surface area contributed by atoms with Crippen molar-refractivity contribution < 1.29 is 44.1 Å². The molecule has 0 spiro atoms. The lowest BCUT2D eigenvalue weighted by molar-refractivity contribution is -0.140. The predicted octanol–water partition coefficient (Wildman–Crippen LogP) is 0.157. The lowest BCUT2D eigenvalue weighted by Gasteiger charge is -2.32. The second-order valence-electron chi connectivity index (χ2n) is 11.6. The van der Waals surface area contributed by atoms with Crippen LogP contribution >= 0.6 is 0 Å². The van der Waals surface area contributed by atoms with Crippen molar-refractivity contribution in [3.8, 4) is 0 Å². The van der Waals surface area contributed by atoms with Crippen LogP contribution in [0, 0.1) is 5.92 Å². The summed E-state index contributed by atoms with van der Waals surface area (Å²) in [5.74, 6) is -3.71. The van der Waals surface area contributed by atoms with Gasteiger partial charge in [-0.05, 0) is 12.8 Å². The summed E-state index contributed by atoms with van der Waals surface area (Å²) < 4.78 is 0. The summed E-state index contributed by atoms with van der Waals surface area (Å²) in [5.41, 5.74) is 0. The summed E-state index contributed by atoms with van der Waals surface area (Å²) in [6, 6.07) is 0. The molecule has 14 heteroatoms. The molecule has 0 aromatic heterocycles. The van der Waals surface area contributed by atoms with Crippen LogP contribution in [0.5, 0.6) is 0 Å². The van der Waals surface area contributed by atoms with Gasteiger partial charge in [-0.25, -0.2) is 0 Å². The molecule has 0 aliphatic carbocycles. The summed E-state index contributed by atoms with van der Waals surface area (Å²) in [7, 11) is 0. The number of carbonyl (C=O) groups excluding carboxylic acids is 3. The van der Waals surface area contributed by atoms with E-state index in [0.717, 1.165) is 25.7 Å². The average Bonchev–Trinajstić information content (AvgIpc) is 3.19. The third-order valence-electron chi connectivity index (χ3n) is 7.99. The van der Waals surface area contributed by atoms with Gasteiger partial charge in [0.15, 0.2) is 0 Å². The van der Waals surface area contributed by atoms with Crippen molar-refractivity contribution in [1.29, 1.82) is 0 Å². The van der Waals surface area contributed by atoms with E-state index in [1.807, 2.05) is 4.90 Å². The minimum atomic E-state index is -1.02. The zero-order valence-electron chi connectivity index (χ0n) is 25.5. The molecule has 0 radical (unpaired) electrons. The molecule has 2 amide bonds. The number of ketones is 1. The molecule has 2 heterocycles. The van der Waals surface area contributed by atoms with E-state index in [2.05, 4.69) is 6.92 Å². The van der Waals surface area contributed by atoms with Gasteiger partial charge in [-0.2, -0.15) is 0 Å². The van der Waals surface area contributed by atoms with Crippen LogP contribution in [-0.2, 0) is 28.8 Å². The van der Waals surface area contributed by atoms with E-state index >= 15 is 0 Å². The fourth-order valence-corrected chi connectivity index (χ4v) is 5.58. The first-order valence-electron chi connectivity index (χ1n) is 15.4. The molecule has 2 aliphatic heterocycles. The highest BCUT2D eigenvalue weighted by Gasteiger charge is 2.37. The molecule has 0 bridgehead atoms. The number of carboxylic acid groups (broad SMARTS) is 3. The maximum Gasteiger partial charge on any atom is 0.317 e. The number of hydrogen-bond donors (Lipinski definition) is 3. The van der Waals surface area contributed by atoms with Gasteiger partial charge >= 0.3 is 17.9 Å². The molecule has 0 saturated carbocycles. The Morgan fingerprint density at radius 2 is 1.09 bits per heavy atom. The van der Waals surface area contributed by atoms with E-state index in [-0.39, 0.29) is 69.1 Å². The number of rotatable bonds is 17. The Morgan fingerprint density at radius 1 is 0.651 bits per heavy atom. The Hall–Kier alpha value is -2.94. The molecular formula is C29H49N5O9. The van der Waals surface area contributed by atoms with E-state index < -0.39 is 17.9 Å². The first kappa shape index (κ1) is 36.3. The van der Waals surface area contributed by atoms with E-state index in [9.17, 15) is 44.1 Å². The third-order valence-corrected chi connectivity index (χ3v) is 7.99. The van der Waals surface area contributed by atoms with E-state index in [1.54, 1.807) is 14.7 Å². The molecular weight excluding hydrogens is 562 g/mol. The van der Waals surface area contributed by atoms with Gasteiger partial charge in [-0.15, -0.1) is 0 Å². The van der Waals surface area contributed by atoms with Crippen LogP contribution < -0.4 is 0 Å². The number of aliphatic carboxylic acids is 3. The number of unbranched alkanes of at least 4 members (excludes halogenated alkanes) is 3. The molecule has 14 nitrogen and oxygen atoms in total. The summed E-state index contributed by atoms with van der Waals surface area (Å²) in [4.78, 5) is 80.6. The number of nitrogens with zero attached hydrogens (tertiary/aromatic N) is 5. The van der Waals surface area contributed by atoms with Crippen LogP contribution in [-0.4, -0.2) is 160 Å². The van der Waals surface area contributed by atoms with Crippen molar-refractivity contribution in [3.05, 3.63) is 0 Å². The van der Waals surface area contributed by atoms with Crippen molar-refractivity contribution in [2.75, 3.05) is 85.1 Å². The predicted molar refractivity (Wildman–Crippen MR) is 156 cm³/mol. The monoisotopic (exact) mass is 611 g/mol. The van der Waals surface area contributed by atoms with Crippen LogP contribution in [0.15, 0.2) is 0 Å². The van der Waals surface area contributed by atoms with Gasteiger partial charge in [0.05, 0.1) is 26.2 Å². The SMILES string of the molecule is CCCCCCC1CC(=O)N(CCCC(=O)CN2CCN(CC(=O)O)CCN(CC(=O)O)CCN(CC(=O)O)CC2)C1=O. The number of carbonyl (C=O) groups is 6. The zero-order chi connectivity index (χ0) is 31.8. The van der Waals surface area contributed by atoms with Gasteiger partial charge in [0.25, 0.3) is 0 Å². The van der Waals surface area contributed by atoms with Crippen LogP contribution in [0.2, 0.25) is 0 Å². The summed E-state index contributed by atoms with van der Waals surface area (Å²) in [5, 5.41) is 28.0. The first-order valence-corrected chi connectivity index (χ1v) is 15.4. The normalized spacial score (nSPS) is 20.6. The minimum absolute atomic E-state index is 0.0783. The van der Waals surface area contributed by atoms with Crippen LogP contribution in [0.25, 0.3) is 0 Å². The Morgan fingerprint density at radius 3 is 1.51 bits per heavy atom. The molecule has 0 aromatic carbocycles. The van der Waals surface area contributed by atoms with Gasteiger partial charge in [0.1, 0.15) is 5.78 Å². The van der Waals surface area contributed by atoms with E-state index in [4.69, 9.17) is 0 Å². The maximum absolute atomic E-state index is 12.9. The number of likely N-dealkylation sites (tertiary alicyclic amines) is 1. The zero-order valence-corrected chi connectivity index (χ0v) is 25.5. The number of Topliss-reactive ketones (excluding diaryl/α,β-unsaturated/α-hetero) is 1. The van der Waals surface area contributed by atoms with E-state index in [1.165, 1.54) is 4.90 Å². The minimum Gasteiger partial charge on any atom is -0.480 e. The second kappa shape index (κ2) is 19.4. The molecule has 43 heavy (non-hydrogen) atoms. The Bertz CT molecular complexity index is 931. The Balaban J connectivity index is 1.96. The van der Waals surface area contributed by atoms with Gasteiger partial charge in [0, 0.05) is 77.7 Å². The average molecular weight is 612 g/mol. The molecule has 3 N–H and O–H groups in total. The Kier molecular flexibility index (Phi) is 16.3. The summed E-state index contributed by atoms with van der Waals surface area (Å²) >= 11 is 0. The highest BCUT2D eigenvalue weighted by Crippen LogP contribution is 2.25. The van der Waals surface area contributed by atoms with Crippen molar-refractivity contribution in [2.45, 2.75) is 58.3 Å². The van der Waals surface area contributed by atoms with Crippen LogP contribution in [0.1, 0.15) is 58.3 Å². The van der Waals surface area contributed by atoms with Crippen molar-refractivity contribution in [2.24, 2.45) is 5.92 Å². The second-order valence-corrected chi connectivity index (χ2v) is 11.6. The van der Waals surface area contributed by atoms with Gasteiger partial charge in [-0.1, -0.05) is 32.6 Å². The van der Waals surface area contributed by atoms with Crippen molar-refractivity contribution in [3.63, 3.8) is 0 Å². The maximum atomic E-state index is 12.9. The molecule has 1 unspecified atom stereocenters. The topological polar surface area (TPSA) is 179 Å². The lowest BCUT2D eigenvalue weighted by Crippen LogP contribution is -2.49. The largest absolute Gasteiger partial charge is 0.480 e. The number of carboxylic acids is 3. The van der Waals surface area contributed by atoms with Crippen LogP contribution in [0.4, 0.5) is 0 Å². The fourth-order valence-electron chi connectivity index (χ4n) is 5.58. The van der Waals surface area contributed by atoms with Gasteiger partial charge < -0.3 is 15.3 Å². The highest BCUT2D eigenvalue weighted by atomic mass is 16.4. The van der Waals surface area contributed by atoms with Crippen LogP contribution in [0.3, 0.4) is 0 Å². The summed E-state index contributed by atoms with van der Waals surface area (Å²) in [6.45, 7) is 4.29. The van der Waals surface area contributed by atoms with E-state index in [0.29, 0.717) is 65.2 Å². The molecule has 1 atom stereocenters. The molecule has 244 valence electrons. The Labute approximate surface area is 253 Å². The highest BCUT2D eigenvalue weighted by molar-refractivity contribution is 6.03. The van der Waals surface area contributed by atoms with Gasteiger partial charge in [0.2, 0.25) is 11.8 Å². The molecule has 2 aliphatic rings. The first-order chi connectivity index (χ1) is 20.5. The molecule has 2 fully saturated rings. The summed E-state index contributed by atoms with van der Waals surface area (Å²) in [6.07, 6.45) is 5.67. The smallest absolute Gasteiger partial charge is 0.317 e. The quantitative estimate of drug-likeness (QED) is 0.150. The fraction of sp³-hybridized carbons (Fsp3) is 0.793. The standard InChI is InChI=1S/C29H49N5O9/c1-2-3-4-5-7-23-18-25(36)34(29(23)43)9-6-8-24(35)19-30-10-12-31(20-26(37)38)14-16-33(22-28(41)42)17-15-32(13-11-30)21-27(39)40/h23H,2-22H2,1H3,(H,37,38)(H,39,40)(H,41,42). The van der Waals surface area contributed by atoms with Crippen molar-refractivity contribution in [1.82, 2.24) is 24.5 Å². The number of amides is 2. The van der Waals surface area contributed by atoms with Gasteiger partial charge in [-0.3, -0.25) is 53.3 Å². The third kappa shape index (κ3) is 14.4. The van der Waals surface area contributed by atoms with Crippen molar-refractivity contribution >= 4 is 35.5 Å². The molecule has 2 saturated heterocycles. The molecule has 2 rings (SSSR count). The lowest BCUT2D eigenvalue weighted by atomic mass is 9.99. The molecule has 0 aromatic rings.